The van der Waals surface area contributed by atoms with Crippen molar-refractivity contribution in [1.82, 2.24) is 0 Å². The fourth-order valence-electron chi connectivity index (χ4n) is 1.12. The van der Waals surface area contributed by atoms with Gasteiger partial charge in [0.1, 0.15) is 17.1 Å². The lowest BCUT2D eigenvalue weighted by molar-refractivity contribution is -0.153. The normalized spacial score (nSPS) is 11.2. The molecule has 0 heterocycles. The van der Waals surface area contributed by atoms with Crippen molar-refractivity contribution in [3.63, 3.8) is 0 Å². The molecule has 3 nitrogen and oxygen atoms in total. The van der Waals surface area contributed by atoms with Gasteiger partial charge in [0.05, 0.1) is 7.11 Å². The number of benzene rings is 1. The summed E-state index contributed by atoms with van der Waals surface area (Å²) in [5, 5.41) is 0. The lowest BCUT2D eigenvalue weighted by Gasteiger charge is -2.13. The van der Waals surface area contributed by atoms with Gasteiger partial charge in [-0.3, -0.25) is 0 Å². The summed E-state index contributed by atoms with van der Waals surface area (Å²) < 4.78 is 58.3. The smallest absolute Gasteiger partial charge is 0.422 e. The van der Waals surface area contributed by atoms with Gasteiger partial charge >= 0.3 is 12.1 Å². The highest BCUT2D eigenvalue weighted by atomic mass is 79.9. The number of alkyl halides is 3. The fraction of sp³-hybridized carbons (Fsp3) is 0.300. The number of carbonyl (C=O) groups is 1. The highest BCUT2D eigenvalue weighted by Gasteiger charge is 2.30. The van der Waals surface area contributed by atoms with E-state index < -0.39 is 35.9 Å². The Morgan fingerprint density at radius 3 is 2.50 bits per heavy atom. The van der Waals surface area contributed by atoms with Crippen LogP contribution in [-0.2, 0) is 4.74 Å². The Kier molecular flexibility index (Phi) is 4.55. The van der Waals surface area contributed by atoms with Crippen LogP contribution < -0.4 is 4.74 Å². The molecule has 0 unspecified atom stereocenters. The predicted octanol–water partition coefficient (Wildman–Crippen LogP) is 3.32. The highest BCUT2D eigenvalue weighted by molar-refractivity contribution is 9.10. The summed E-state index contributed by atoms with van der Waals surface area (Å²) in [6.45, 7) is -1.63. The minimum absolute atomic E-state index is 0.143. The van der Waals surface area contributed by atoms with Gasteiger partial charge in [-0.2, -0.15) is 13.2 Å². The molecule has 0 fully saturated rings. The van der Waals surface area contributed by atoms with Crippen molar-refractivity contribution in [3.05, 3.63) is 28.0 Å². The fourth-order valence-corrected chi connectivity index (χ4v) is 1.53. The molecule has 0 atom stereocenters. The molecular weight excluding hydrogens is 324 g/mol. The molecular formula is C10H7BrF4O3. The molecule has 0 aromatic heterocycles. The third-order valence-corrected chi connectivity index (χ3v) is 2.26. The maximum Gasteiger partial charge on any atom is 0.422 e. The predicted molar refractivity (Wildman–Crippen MR) is 57.0 cm³/mol. The molecule has 0 N–H and O–H groups in total. The van der Waals surface area contributed by atoms with Gasteiger partial charge in [0.25, 0.3) is 0 Å². The lowest BCUT2D eigenvalue weighted by atomic mass is 10.2. The monoisotopic (exact) mass is 330 g/mol. The second-order valence-corrected chi connectivity index (χ2v) is 4.07. The Balaban J connectivity index is 3.12. The SMILES string of the molecule is COC(=O)c1c(F)cc(Br)cc1OCC(F)(F)F. The number of hydrogen-bond acceptors (Lipinski definition) is 3. The standard InChI is InChI=1S/C10H7BrF4O3/c1-17-9(16)8-6(12)2-5(11)3-7(8)18-4-10(13,14)15/h2-3H,4H2,1H3. The number of esters is 1. The molecule has 0 spiro atoms. The zero-order valence-electron chi connectivity index (χ0n) is 8.98. The Bertz CT molecular complexity index is 459. The second kappa shape index (κ2) is 5.55. The molecule has 0 aliphatic carbocycles. The van der Waals surface area contributed by atoms with Crippen LogP contribution in [0.5, 0.6) is 5.75 Å². The zero-order valence-corrected chi connectivity index (χ0v) is 10.6. The second-order valence-electron chi connectivity index (χ2n) is 3.16. The van der Waals surface area contributed by atoms with Crippen molar-refractivity contribution in [3.8, 4) is 5.75 Å². The van der Waals surface area contributed by atoms with Gasteiger partial charge in [0.2, 0.25) is 0 Å². The Morgan fingerprint density at radius 2 is 2.00 bits per heavy atom. The Hall–Kier alpha value is -1.31. The van der Waals surface area contributed by atoms with E-state index in [1.807, 2.05) is 0 Å². The van der Waals surface area contributed by atoms with Gasteiger partial charge in [0, 0.05) is 4.47 Å². The number of halogens is 5. The van der Waals surface area contributed by atoms with Crippen molar-refractivity contribution in [2.45, 2.75) is 6.18 Å². The van der Waals surface area contributed by atoms with Gasteiger partial charge < -0.3 is 9.47 Å². The molecule has 1 aromatic rings. The number of methoxy groups -OCH3 is 1. The Labute approximate surface area is 108 Å². The van der Waals surface area contributed by atoms with Crippen LogP contribution in [0, 0.1) is 5.82 Å². The van der Waals surface area contributed by atoms with Crippen molar-refractivity contribution in [1.29, 1.82) is 0 Å². The molecule has 0 saturated carbocycles. The Morgan fingerprint density at radius 1 is 1.39 bits per heavy atom. The van der Waals surface area contributed by atoms with Crippen LogP contribution in [0.3, 0.4) is 0 Å². The summed E-state index contributed by atoms with van der Waals surface area (Å²) in [6.07, 6.45) is -4.59. The lowest BCUT2D eigenvalue weighted by Crippen LogP contribution is -2.20. The molecule has 0 aliphatic heterocycles. The summed E-state index contributed by atoms with van der Waals surface area (Å²) in [4.78, 5) is 11.3. The van der Waals surface area contributed by atoms with Crippen LogP contribution in [0.1, 0.15) is 10.4 Å². The summed E-state index contributed by atoms with van der Waals surface area (Å²) >= 11 is 2.89. The van der Waals surface area contributed by atoms with Crippen LogP contribution in [0.2, 0.25) is 0 Å². The molecule has 1 aromatic carbocycles. The summed E-state index contributed by atoms with van der Waals surface area (Å²) in [5.41, 5.74) is -0.676. The summed E-state index contributed by atoms with van der Waals surface area (Å²) in [6, 6.07) is 1.98. The average Bonchev–Trinajstić information content (AvgIpc) is 2.23. The number of carbonyl (C=O) groups excluding carboxylic acids is 1. The molecule has 0 saturated heterocycles. The van der Waals surface area contributed by atoms with E-state index in [4.69, 9.17) is 0 Å². The van der Waals surface area contributed by atoms with E-state index >= 15 is 0 Å². The van der Waals surface area contributed by atoms with Crippen molar-refractivity contribution in [2.75, 3.05) is 13.7 Å². The summed E-state index contributed by atoms with van der Waals surface area (Å²) in [7, 11) is 0.983. The number of rotatable bonds is 3. The average molecular weight is 331 g/mol. The first-order chi connectivity index (χ1) is 8.24. The van der Waals surface area contributed by atoms with Crippen molar-refractivity contribution in [2.24, 2.45) is 0 Å². The molecule has 18 heavy (non-hydrogen) atoms. The largest absolute Gasteiger partial charge is 0.483 e. The van der Waals surface area contributed by atoms with E-state index in [1.54, 1.807) is 0 Å². The molecule has 1 rings (SSSR count). The minimum atomic E-state index is -4.59. The maximum absolute atomic E-state index is 13.5. The quantitative estimate of drug-likeness (QED) is 0.630. The first-order valence-corrected chi connectivity index (χ1v) is 5.31. The van der Waals surface area contributed by atoms with E-state index in [-0.39, 0.29) is 4.47 Å². The number of ether oxygens (including phenoxy) is 2. The van der Waals surface area contributed by atoms with Crippen molar-refractivity contribution >= 4 is 21.9 Å². The summed E-state index contributed by atoms with van der Waals surface area (Å²) in [5.74, 6) is -2.68. The molecule has 0 aliphatic rings. The van der Waals surface area contributed by atoms with E-state index in [2.05, 4.69) is 25.4 Å². The van der Waals surface area contributed by atoms with Crippen LogP contribution in [0.25, 0.3) is 0 Å². The third kappa shape index (κ3) is 3.86. The third-order valence-electron chi connectivity index (χ3n) is 1.80. The van der Waals surface area contributed by atoms with Gasteiger partial charge in [-0.05, 0) is 12.1 Å². The van der Waals surface area contributed by atoms with Crippen molar-refractivity contribution < 1.29 is 31.8 Å². The first-order valence-electron chi connectivity index (χ1n) is 4.51. The molecule has 8 heteroatoms. The molecule has 0 amide bonds. The van der Waals surface area contributed by atoms with Gasteiger partial charge in [-0.25, -0.2) is 9.18 Å². The van der Waals surface area contributed by atoms with Crippen LogP contribution in [-0.4, -0.2) is 25.9 Å². The highest BCUT2D eigenvalue weighted by Crippen LogP contribution is 2.29. The van der Waals surface area contributed by atoms with E-state index in [1.165, 1.54) is 0 Å². The minimum Gasteiger partial charge on any atom is -0.483 e. The molecule has 0 radical (unpaired) electrons. The van der Waals surface area contributed by atoms with Crippen LogP contribution in [0.4, 0.5) is 17.6 Å². The molecule has 0 bridgehead atoms. The van der Waals surface area contributed by atoms with Crippen LogP contribution in [0.15, 0.2) is 16.6 Å². The maximum atomic E-state index is 13.5. The first kappa shape index (κ1) is 14.7. The van der Waals surface area contributed by atoms with Gasteiger partial charge in [-0.15, -0.1) is 0 Å². The van der Waals surface area contributed by atoms with E-state index in [0.717, 1.165) is 19.2 Å². The number of hydrogen-bond donors (Lipinski definition) is 0. The van der Waals surface area contributed by atoms with E-state index in [9.17, 15) is 22.4 Å². The molecule has 100 valence electrons. The van der Waals surface area contributed by atoms with Gasteiger partial charge in [0.15, 0.2) is 6.61 Å². The van der Waals surface area contributed by atoms with Gasteiger partial charge in [-0.1, -0.05) is 15.9 Å². The van der Waals surface area contributed by atoms with Crippen LogP contribution >= 0.6 is 15.9 Å². The topological polar surface area (TPSA) is 35.5 Å². The zero-order chi connectivity index (χ0) is 13.9. The van der Waals surface area contributed by atoms with E-state index in [0.29, 0.717) is 0 Å².